The quantitative estimate of drug-likeness (QED) is 0.619. The fourth-order valence-electron chi connectivity index (χ4n) is 2.11. The Morgan fingerprint density at radius 2 is 1.79 bits per heavy atom. The molecule has 0 aliphatic rings. The molecule has 0 aliphatic carbocycles. The lowest BCUT2D eigenvalue weighted by Gasteiger charge is -2.05. The minimum Gasteiger partial charge on any atom is -0.360 e. The van der Waals surface area contributed by atoms with Crippen LogP contribution in [0, 0.1) is 18.8 Å². The van der Waals surface area contributed by atoms with Gasteiger partial charge in [-0.1, -0.05) is 41.4 Å². The topological polar surface area (TPSA) is 38.9 Å². The summed E-state index contributed by atoms with van der Waals surface area (Å²) >= 11 is 0. The Balaban J connectivity index is 2.00. The van der Waals surface area contributed by atoms with E-state index in [2.05, 4.69) is 22.0 Å². The molecular weight excluding hydrogens is 317 g/mol. The molecule has 3 rings (SSSR count). The minimum atomic E-state index is -4.43. The second-order valence-corrected chi connectivity index (χ2v) is 5.01. The summed E-state index contributed by atoms with van der Waals surface area (Å²) in [7, 11) is 0. The van der Waals surface area contributed by atoms with Crippen LogP contribution in [0.3, 0.4) is 0 Å². The lowest BCUT2D eigenvalue weighted by Crippen LogP contribution is -2.05. The Kier molecular flexibility index (Phi) is 4.09. The van der Waals surface area contributed by atoms with Crippen LogP contribution in [0.25, 0.3) is 11.3 Å². The van der Waals surface area contributed by atoms with Gasteiger partial charge >= 0.3 is 6.18 Å². The summed E-state index contributed by atoms with van der Waals surface area (Å²) in [6.07, 6.45) is -3.34. The van der Waals surface area contributed by atoms with Crippen molar-refractivity contribution in [2.24, 2.45) is 0 Å². The molecule has 0 fully saturated rings. The van der Waals surface area contributed by atoms with Crippen LogP contribution in [-0.4, -0.2) is 10.1 Å². The largest absolute Gasteiger partial charge is 0.416 e. The number of aromatic nitrogens is 2. The molecule has 0 bridgehead atoms. The molecule has 0 spiro atoms. The van der Waals surface area contributed by atoms with Gasteiger partial charge in [0.15, 0.2) is 0 Å². The summed E-state index contributed by atoms with van der Waals surface area (Å²) in [5.41, 5.74) is 1.14. The summed E-state index contributed by atoms with van der Waals surface area (Å²) in [4.78, 5) is 3.86. The monoisotopic (exact) mass is 328 g/mol. The molecule has 0 atom stereocenters. The number of nitrogens with zero attached hydrogens (tertiary/aromatic N) is 2. The second kappa shape index (κ2) is 6.20. The number of aryl methyl sites for hydroxylation is 1. The van der Waals surface area contributed by atoms with Crippen LogP contribution in [0.5, 0.6) is 0 Å². The first-order valence-corrected chi connectivity index (χ1v) is 7.02. The third-order valence-corrected chi connectivity index (χ3v) is 3.31. The van der Waals surface area contributed by atoms with Crippen molar-refractivity contribution < 1.29 is 17.7 Å². The smallest absolute Gasteiger partial charge is 0.360 e. The van der Waals surface area contributed by atoms with Gasteiger partial charge in [0.1, 0.15) is 17.1 Å². The zero-order valence-electron chi connectivity index (χ0n) is 12.6. The van der Waals surface area contributed by atoms with Gasteiger partial charge in [0.05, 0.1) is 11.1 Å². The number of alkyl halides is 3. The lowest BCUT2D eigenvalue weighted by atomic mass is 10.1. The molecule has 120 valence electrons. The van der Waals surface area contributed by atoms with Gasteiger partial charge < -0.3 is 4.52 Å². The second-order valence-electron chi connectivity index (χ2n) is 5.01. The number of benzene rings is 1. The van der Waals surface area contributed by atoms with E-state index in [9.17, 15) is 13.2 Å². The number of halogens is 3. The van der Waals surface area contributed by atoms with E-state index in [1.807, 2.05) is 30.3 Å². The van der Waals surface area contributed by atoms with E-state index in [1.165, 1.54) is 0 Å². The Morgan fingerprint density at radius 1 is 1.04 bits per heavy atom. The van der Waals surface area contributed by atoms with Crippen LogP contribution in [0.1, 0.15) is 22.6 Å². The van der Waals surface area contributed by atoms with Gasteiger partial charge in [0, 0.05) is 11.8 Å². The molecule has 0 unspecified atom stereocenters. The predicted octanol–water partition coefficient (Wildman–Crippen LogP) is 4.46. The van der Waals surface area contributed by atoms with Crippen LogP contribution in [0.2, 0.25) is 0 Å². The molecular formula is C18H11F3N2O. The van der Waals surface area contributed by atoms with Crippen LogP contribution >= 0.6 is 0 Å². The van der Waals surface area contributed by atoms with Gasteiger partial charge in [0.2, 0.25) is 0 Å². The molecule has 0 amide bonds. The van der Waals surface area contributed by atoms with E-state index < -0.39 is 11.7 Å². The van der Waals surface area contributed by atoms with Crippen molar-refractivity contribution in [1.29, 1.82) is 0 Å². The van der Waals surface area contributed by atoms with Crippen molar-refractivity contribution in [3.05, 3.63) is 71.2 Å². The first kappa shape index (κ1) is 15.8. The van der Waals surface area contributed by atoms with Crippen molar-refractivity contribution in [2.45, 2.75) is 13.1 Å². The average molecular weight is 328 g/mol. The predicted molar refractivity (Wildman–Crippen MR) is 81.9 cm³/mol. The van der Waals surface area contributed by atoms with E-state index in [0.717, 1.165) is 23.9 Å². The molecule has 0 saturated carbocycles. The number of hydrogen-bond acceptors (Lipinski definition) is 3. The number of rotatable bonds is 1. The molecule has 2 heterocycles. The molecule has 1 aromatic carbocycles. The first-order chi connectivity index (χ1) is 11.4. The summed E-state index contributed by atoms with van der Waals surface area (Å²) in [6.45, 7) is 1.70. The van der Waals surface area contributed by atoms with Crippen molar-refractivity contribution >= 4 is 0 Å². The van der Waals surface area contributed by atoms with Gasteiger partial charge in [-0.2, -0.15) is 13.2 Å². The van der Waals surface area contributed by atoms with E-state index in [1.54, 1.807) is 6.92 Å². The Morgan fingerprint density at radius 3 is 2.50 bits per heavy atom. The highest BCUT2D eigenvalue weighted by Crippen LogP contribution is 2.29. The third kappa shape index (κ3) is 3.30. The van der Waals surface area contributed by atoms with Gasteiger partial charge in [-0.3, -0.25) is 0 Å². The van der Waals surface area contributed by atoms with Crippen LogP contribution in [0.4, 0.5) is 13.2 Å². The van der Waals surface area contributed by atoms with E-state index in [-0.39, 0.29) is 5.69 Å². The zero-order chi connectivity index (χ0) is 17.2. The number of pyridine rings is 1. The van der Waals surface area contributed by atoms with Crippen molar-refractivity contribution in [3.8, 4) is 23.1 Å². The SMILES string of the molecule is Cc1onc(-c2ccccc2)c1C#Cc1cc(C(F)(F)F)ccn1. The van der Waals surface area contributed by atoms with E-state index >= 15 is 0 Å². The molecule has 0 N–H and O–H groups in total. The Labute approximate surface area is 136 Å². The third-order valence-electron chi connectivity index (χ3n) is 3.31. The number of hydrogen-bond donors (Lipinski definition) is 0. The minimum absolute atomic E-state index is 0.0319. The first-order valence-electron chi connectivity index (χ1n) is 7.02. The van der Waals surface area contributed by atoms with E-state index in [0.29, 0.717) is 17.0 Å². The highest BCUT2D eigenvalue weighted by atomic mass is 19.4. The summed E-state index contributed by atoms with van der Waals surface area (Å²) in [5.74, 6) is 5.96. The Hall–Kier alpha value is -3.07. The maximum Gasteiger partial charge on any atom is 0.416 e. The maximum absolute atomic E-state index is 12.7. The standard InChI is InChI=1S/C18H11F3N2O/c1-12-16(17(23-24-12)13-5-3-2-4-6-13)8-7-15-11-14(9-10-22-15)18(19,20)21/h2-6,9-11H,1H3. The van der Waals surface area contributed by atoms with Gasteiger partial charge in [0.25, 0.3) is 0 Å². The van der Waals surface area contributed by atoms with Gasteiger partial charge in [-0.15, -0.1) is 0 Å². The maximum atomic E-state index is 12.7. The molecule has 3 aromatic rings. The van der Waals surface area contributed by atoms with Crippen LogP contribution < -0.4 is 0 Å². The summed E-state index contributed by atoms with van der Waals surface area (Å²) in [5, 5.41) is 3.98. The molecule has 3 nitrogen and oxygen atoms in total. The molecule has 0 aliphatic heterocycles. The van der Waals surface area contributed by atoms with Crippen molar-refractivity contribution in [1.82, 2.24) is 10.1 Å². The molecule has 0 saturated heterocycles. The summed E-state index contributed by atoms with van der Waals surface area (Å²) < 4.78 is 43.4. The summed E-state index contributed by atoms with van der Waals surface area (Å²) in [6, 6.07) is 11.1. The lowest BCUT2D eigenvalue weighted by molar-refractivity contribution is -0.137. The normalized spacial score (nSPS) is 11.0. The molecule has 24 heavy (non-hydrogen) atoms. The molecule has 6 heteroatoms. The fraction of sp³-hybridized carbons (Fsp3) is 0.111. The van der Waals surface area contributed by atoms with Crippen molar-refractivity contribution in [2.75, 3.05) is 0 Å². The molecule has 2 aromatic heterocycles. The van der Waals surface area contributed by atoms with Crippen LogP contribution in [-0.2, 0) is 6.18 Å². The van der Waals surface area contributed by atoms with Crippen LogP contribution in [0.15, 0.2) is 53.2 Å². The fourth-order valence-corrected chi connectivity index (χ4v) is 2.11. The highest BCUT2D eigenvalue weighted by molar-refractivity contribution is 5.68. The molecule has 0 radical (unpaired) electrons. The average Bonchev–Trinajstić information content (AvgIpc) is 2.94. The van der Waals surface area contributed by atoms with Gasteiger partial charge in [-0.05, 0) is 25.0 Å². The van der Waals surface area contributed by atoms with E-state index in [4.69, 9.17) is 4.52 Å². The highest BCUT2D eigenvalue weighted by Gasteiger charge is 2.30. The zero-order valence-corrected chi connectivity index (χ0v) is 12.6. The van der Waals surface area contributed by atoms with Crippen molar-refractivity contribution in [3.63, 3.8) is 0 Å². The van der Waals surface area contributed by atoms with Gasteiger partial charge in [-0.25, -0.2) is 4.98 Å². The Bertz CT molecular complexity index is 919.